The largest absolute Gasteiger partial charge is 0.335 e. The van der Waals surface area contributed by atoms with E-state index in [1.165, 1.54) is 20.0 Å². The van der Waals surface area contributed by atoms with Gasteiger partial charge in [-0.25, -0.2) is 13.4 Å². The summed E-state index contributed by atoms with van der Waals surface area (Å²) in [4.78, 5) is 17.6. The predicted octanol–water partition coefficient (Wildman–Crippen LogP) is 1.61. The Kier molecular flexibility index (Phi) is 6.29. The zero-order valence-corrected chi connectivity index (χ0v) is 17.8. The zero-order valence-electron chi connectivity index (χ0n) is 16.2. The number of nitrogens with zero attached hydrogens (tertiary/aromatic N) is 3. The number of aromatic nitrogens is 2. The number of hydrogen-bond donors (Lipinski definition) is 1. The van der Waals surface area contributed by atoms with Crippen molar-refractivity contribution in [2.24, 2.45) is 0 Å². The van der Waals surface area contributed by atoms with E-state index in [0.717, 1.165) is 11.3 Å². The molecule has 0 aliphatic rings. The van der Waals surface area contributed by atoms with Crippen molar-refractivity contribution in [1.82, 2.24) is 13.7 Å². The van der Waals surface area contributed by atoms with Crippen molar-refractivity contribution in [1.29, 1.82) is 0 Å². The lowest BCUT2D eigenvalue weighted by Crippen LogP contribution is -2.83. The van der Waals surface area contributed by atoms with E-state index in [4.69, 9.17) is 0 Å². The van der Waals surface area contributed by atoms with E-state index in [1.54, 1.807) is 24.4 Å². The van der Waals surface area contributed by atoms with Crippen molar-refractivity contribution in [3.05, 3.63) is 63.5 Å². The highest BCUT2D eigenvalue weighted by Gasteiger charge is 2.21. The van der Waals surface area contributed by atoms with Gasteiger partial charge in [-0.2, -0.15) is 4.31 Å². The fourth-order valence-corrected chi connectivity index (χ4v) is 5.28. The molecule has 2 N–H and O–H groups in total. The molecule has 150 valence electrons. The van der Waals surface area contributed by atoms with Gasteiger partial charge in [0.25, 0.3) is 5.56 Å². The molecular formula is C19H25N4O3S2+. The van der Waals surface area contributed by atoms with E-state index >= 15 is 0 Å². The highest BCUT2D eigenvalue weighted by Crippen LogP contribution is 2.18. The van der Waals surface area contributed by atoms with Crippen LogP contribution in [0, 0.1) is 0 Å². The molecule has 0 saturated carbocycles. The molecule has 7 nitrogen and oxygen atoms in total. The van der Waals surface area contributed by atoms with Crippen LogP contribution in [0.25, 0.3) is 4.96 Å². The Morgan fingerprint density at radius 1 is 1.21 bits per heavy atom. The first-order valence-corrected chi connectivity index (χ1v) is 11.6. The first-order valence-electron chi connectivity index (χ1n) is 9.26. The van der Waals surface area contributed by atoms with Gasteiger partial charge in [-0.05, 0) is 19.1 Å². The minimum absolute atomic E-state index is 0.0757. The van der Waals surface area contributed by atoms with Crippen LogP contribution in [0.3, 0.4) is 0 Å². The Hall–Kier alpha value is -2.07. The summed E-state index contributed by atoms with van der Waals surface area (Å²) in [5, 5.41) is 3.92. The maximum atomic E-state index is 12.6. The molecule has 0 amide bonds. The van der Waals surface area contributed by atoms with E-state index in [2.05, 4.69) is 10.3 Å². The molecule has 1 atom stereocenters. The van der Waals surface area contributed by atoms with Crippen molar-refractivity contribution in [3.63, 3.8) is 0 Å². The first-order chi connectivity index (χ1) is 13.4. The van der Waals surface area contributed by atoms with Gasteiger partial charge in [0, 0.05) is 36.3 Å². The summed E-state index contributed by atoms with van der Waals surface area (Å²) >= 11 is 1.43. The zero-order chi connectivity index (χ0) is 20.3. The van der Waals surface area contributed by atoms with Crippen LogP contribution in [-0.4, -0.2) is 35.2 Å². The summed E-state index contributed by atoms with van der Waals surface area (Å²) in [5.41, 5.74) is 1.68. The van der Waals surface area contributed by atoms with Crippen molar-refractivity contribution in [3.8, 4) is 0 Å². The molecule has 0 bridgehead atoms. The molecule has 0 radical (unpaired) electrons. The normalized spacial score (nSPS) is 13.3. The van der Waals surface area contributed by atoms with Crippen LogP contribution >= 0.6 is 11.3 Å². The lowest BCUT2D eigenvalue weighted by Gasteiger charge is -2.19. The van der Waals surface area contributed by atoms with Crippen molar-refractivity contribution >= 4 is 26.3 Å². The number of hydrogen-bond acceptors (Lipinski definition) is 5. The van der Waals surface area contributed by atoms with Crippen molar-refractivity contribution < 1.29 is 13.7 Å². The van der Waals surface area contributed by atoms with Gasteiger partial charge >= 0.3 is 0 Å². The fraction of sp³-hybridized carbons (Fsp3) is 0.368. The topological polar surface area (TPSA) is 88.4 Å². The van der Waals surface area contributed by atoms with E-state index in [9.17, 15) is 13.2 Å². The summed E-state index contributed by atoms with van der Waals surface area (Å²) in [6.07, 6.45) is 1.72. The summed E-state index contributed by atoms with van der Waals surface area (Å²) < 4.78 is 28.1. The van der Waals surface area contributed by atoms with E-state index in [1.807, 2.05) is 38.3 Å². The molecule has 0 unspecified atom stereocenters. The van der Waals surface area contributed by atoms with E-state index in [0.29, 0.717) is 29.5 Å². The smallest absolute Gasteiger partial charge is 0.258 e. The average molecular weight is 422 g/mol. The third kappa shape index (κ3) is 4.17. The minimum atomic E-state index is -3.44. The van der Waals surface area contributed by atoms with Gasteiger partial charge in [0.05, 0.1) is 4.90 Å². The number of benzene rings is 1. The maximum absolute atomic E-state index is 12.6. The molecule has 0 saturated heterocycles. The van der Waals surface area contributed by atoms with Crippen LogP contribution in [0.2, 0.25) is 0 Å². The summed E-state index contributed by atoms with van der Waals surface area (Å²) in [6, 6.07) is 8.69. The van der Waals surface area contributed by atoms with Crippen LogP contribution in [0.1, 0.15) is 38.1 Å². The molecule has 1 aromatic carbocycles. The summed E-state index contributed by atoms with van der Waals surface area (Å²) in [5.74, 6) is 0. The SMILES string of the molecule is CCN(CC)S(=O)(=O)c1ccc([C@@H](C)[NH2+]Cc2cc(=O)n3ccsc3n2)cc1. The number of sulfonamides is 1. The fourth-order valence-electron chi connectivity index (χ4n) is 3.08. The molecule has 0 spiro atoms. The lowest BCUT2D eigenvalue weighted by atomic mass is 10.1. The van der Waals surface area contributed by atoms with Crippen molar-refractivity contribution in [2.75, 3.05) is 13.1 Å². The minimum Gasteiger partial charge on any atom is -0.335 e. The molecule has 0 aliphatic carbocycles. The standard InChI is InChI=1S/C19H24N4O3S2/c1-4-22(5-2)28(25,26)17-8-6-15(7-9-17)14(3)20-13-16-12-18(24)23-10-11-27-19(23)21-16/h6-12,14,20H,4-5,13H2,1-3H3/p+1/t14-/m1/s1. The second-order valence-corrected chi connectivity index (χ2v) is 9.34. The Morgan fingerprint density at radius 3 is 2.54 bits per heavy atom. The number of fused-ring (bicyclic) bond motifs is 1. The van der Waals surface area contributed by atoms with E-state index < -0.39 is 10.0 Å². The summed E-state index contributed by atoms with van der Waals surface area (Å²) in [6.45, 7) is 7.19. The number of thiazole rings is 1. The molecule has 9 heteroatoms. The van der Waals surface area contributed by atoms with Crippen LogP contribution in [0.4, 0.5) is 0 Å². The number of quaternary nitrogens is 1. The molecule has 28 heavy (non-hydrogen) atoms. The molecule has 3 rings (SSSR count). The Morgan fingerprint density at radius 2 is 1.89 bits per heavy atom. The van der Waals surface area contributed by atoms with Gasteiger partial charge in [-0.15, -0.1) is 11.3 Å². The Bertz CT molecular complexity index is 1100. The van der Waals surface area contributed by atoms with E-state index in [-0.39, 0.29) is 11.6 Å². The number of rotatable bonds is 8. The Labute approximate surface area is 168 Å². The summed E-state index contributed by atoms with van der Waals surface area (Å²) in [7, 11) is -3.44. The number of nitrogens with two attached hydrogens (primary N) is 1. The van der Waals surface area contributed by atoms with Crippen LogP contribution < -0.4 is 10.9 Å². The Balaban J connectivity index is 1.70. The second kappa shape index (κ2) is 8.52. The van der Waals surface area contributed by atoms with Gasteiger partial charge in [0.1, 0.15) is 18.3 Å². The third-order valence-corrected chi connectivity index (χ3v) is 7.61. The second-order valence-electron chi connectivity index (χ2n) is 6.53. The van der Waals surface area contributed by atoms with Gasteiger partial charge in [-0.3, -0.25) is 9.20 Å². The molecule has 2 heterocycles. The average Bonchev–Trinajstić information content (AvgIpc) is 3.16. The predicted molar refractivity (Wildman–Crippen MR) is 110 cm³/mol. The van der Waals surface area contributed by atoms with Crippen molar-refractivity contribution in [2.45, 2.75) is 38.3 Å². The maximum Gasteiger partial charge on any atom is 0.258 e. The van der Waals surface area contributed by atoms with Crippen LogP contribution in [0.5, 0.6) is 0 Å². The molecular weight excluding hydrogens is 396 g/mol. The van der Waals surface area contributed by atoms with Crippen LogP contribution in [0.15, 0.2) is 51.6 Å². The van der Waals surface area contributed by atoms with Gasteiger partial charge in [0.15, 0.2) is 4.96 Å². The lowest BCUT2D eigenvalue weighted by molar-refractivity contribution is -0.708. The molecule has 2 aromatic heterocycles. The first kappa shape index (κ1) is 20.7. The monoisotopic (exact) mass is 421 g/mol. The highest BCUT2D eigenvalue weighted by atomic mass is 32.2. The molecule has 0 fully saturated rings. The molecule has 0 aliphatic heterocycles. The third-order valence-electron chi connectivity index (χ3n) is 4.79. The van der Waals surface area contributed by atoms with Crippen LogP contribution in [-0.2, 0) is 16.6 Å². The highest BCUT2D eigenvalue weighted by molar-refractivity contribution is 7.89. The van der Waals surface area contributed by atoms with Gasteiger partial charge in [-0.1, -0.05) is 26.0 Å². The molecule has 3 aromatic rings. The quantitative estimate of drug-likeness (QED) is 0.599. The van der Waals surface area contributed by atoms with Gasteiger partial charge < -0.3 is 5.32 Å². The van der Waals surface area contributed by atoms with Gasteiger partial charge in [0.2, 0.25) is 10.0 Å².